The Balaban J connectivity index is 3.08. The molecule has 0 aromatic heterocycles. The summed E-state index contributed by atoms with van der Waals surface area (Å²) in [6.45, 7) is 3.71. The van der Waals surface area contributed by atoms with Crippen LogP contribution in [0.3, 0.4) is 0 Å². The van der Waals surface area contributed by atoms with E-state index in [2.05, 4.69) is 0 Å². The van der Waals surface area contributed by atoms with Gasteiger partial charge in [0.2, 0.25) is 0 Å². The Bertz CT molecular complexity index is 547. The Morgan fingerprint density at radius 1 is 1.00 bits per heavy atom. The van der Waals surface area contributed by atoms with E-state index in [1.54, 1.807) is 12.1 Å². The van der Waals surface area contributed by atoms with Crippen LogP contribution in [0.5, 0.6) is 0 Å². The molecule has 2 rings (SSSR count). The van der Waals surface area contributed by atoms with Crippen LogP contribution in [-0.2, 0) is 0 Å². The second kappa shape index (κ2) is 3.12. The maximum absolute atomic E-state index is 13.6. The average Bonchev–Trinajstić information content (AvgIpc) is 2.23. The molecule has 78 valence electrons. The molecule has 0 aliphatic heterocycles. The number of hydrogen-bond donors (Lipinski definition) is 2. The summed E-state index contributed by atoms with van der Waals surface area (Å²) in [4.78, 5) is 0. The molecule has 0 saturated heterocycles. The van der Waals surface area contributed by atoms with Crippen LogP contribution in [0.25, 0.3) is 10.8 Å². The minimum Gasteiger partial charge on any atom is -0.397 e. The molecule has 0 atom stereocenters. The summed E-state index contributed by atoms with van der Waals surface area (Å²) in [5, 5.41) is 1.26. The van der Waals surface area contributed by atoms with Gasteiger partial charge in [-0.15, -0.1) is 0 Å². The molecule has 0 unspecified atom stereocenters. The van der Waals surface area contributed by atoms with E-state index in [-0.39, 0.29) is 5.82 Å². The number of fused-ring (bicyclic) bond motifs is 1. The Kier molecular flexibility index (Phi) is 2.03. The number of nitrogen functional groups attached to an aromatic ring is 2. The van der Waals surface area contributed by atoms with E-state index in [0.717, 1.165) is 11.1 Å². The Morgan fingerprint density at radius 2 is 1.67 bits per heavy atom. The van der Waals surface area contributed by atoms with Crippen molar-refractivity contribution in [3.63, 3.8) is 0 Å². The first kappa shape index (κ1) is 9.77. The fourth-order valence-corrected chi connectivity index (χ4v) is 1.87. The Hall–Kier alpha value is -1.77. The standard InChI is InChI=1S/C12H13FN2/c1-6-7(2)11(14)12(15)8-4-3-5-9(13)10(6)8/h3-5H,14-15H2,1-2H3. The molecule has 2 aromatic carbocycles. The van der Waals surface area contributed by atoms with Crippen molar-refractivity contribution in [2.24, 2.45) is 0 Å². The van der Waals surface area contributed by atoms with Crippen LogP contribution < -0.4 is 11.5 Å². The van der Waals surface area contributed by atoms with Gasteiger partial charge < -0.3 is 11.5 Å². The highest BCUT2D eigenvalue weighted by Crippen LogP contribution is 2.34. The van der Waals surface area contributed by atoms with Gasteiger partial charge in [-0.05, 0) is 31.0 Å². The minimum atomic E-state index is -0.250. The summed E-state index contributed by atoms with van der Waals surface area (Å²) in [5.74, 6) is -0.250. The fourth-order valence-electron chi connectivity index (χ4n) is 1.87. The van der Waals surface area contributed by atoms with Crippen LogP contribution in [-0.4, -0.2) is 0 Å². The van der Waals surface area contributed by atoms with E-state index < -0.39 is 0 Å². The largest absolute Gasteiger partial charge is 0.397 e. The third-order valence-corrected chi connectivity index (χ3v) is 2.94. The molecule has 4 N–H and O–H groups in total. The first-order chi connectivity index (χ1) is 7.04. The van der Waals surface area contributed by atoms with Gasteiger partial charge in [0, 0.05) is 10.8 Å². The SMILES string of the molecule is Cc1c(N)c(N)c2cccc(F)c2c1C. The second-order valence-electron chi connectivity index (χ2n) is 3.74. The molecule has 0 saturated carbocycles. The number of aryl methyl sites for hydroxylation is 1. The summed E-state index contributed by atoms with van der Waals surface area (Å²) >= 11 is 0. The summed E-state index contributed by atoms with van der Waals surface area (Å²) in [6.07, 6.45) is 0. The smallest absolute Gasteiger partial charge is 0.131 e. The molecule has 0 aliphatic carbocycles. The zero-order valence-electron chi connectivity index (χ0n) is 8.76. The van der Waals surface area contributed by atoms with E-state index in [1.165, 1.54) is 6.07 Å². The Morgan fingerprint density at radius 3 is 2.33 bits per heavy atom. The first-order valence-corrected chi connectivity index (χ1v) is 4.76. The van der Waals surface area contributed by atoms with Crippen molar-refractivity contribution in [3.8, 4) is 0 Å². The molecule has 0 amide bonds. The van der Waals surface area contributed by atoms with Crippen LogP contribution in [0, 0.1) is 19.7 Å². The molecular formula is C12H13FN2. The van der Waals surface area contributed by atoms with Crippen molar-refractivity contribution < 1.29 is 4.39 Å². The van der Waals surface area contributed by atoms with E-state index >= 15 is 0 Å². The maximum atomic E-state index is 13.6. The van der Waals surface area contributed by atoms with Crippen molar-refractivity contribution in [1.29, 1.82) is 0 Å². The molecular weight excluding hydrogens is 191 g/mol. The Labute approximate surface area is 87.7 Å². The topological polar surface area (TPSA) is 52.0 Å². The van der Waals surface area contributed by atoms with Gasteiger partial charge in [0.15, 0.2) is 0 Å². The third kappa shape index (κ3) is 1.23. The van der Waals surface area contributed by atoms with E-state index in [4.69, 9.17) is 11.5 Å². The predicted octanol–water partition coefficient (Wildman–Crippen LogP) is 2.76. The quantitative estimate of drug-likeness (QED) is 0.648. The van der Waals surface area contributed by atoms with Crippen LogP contribution >= 0.6 is 0 Å². The minimum absolute atomic E-state index is 0.250. The van der Waals surface area contributed by atoms with Gasteiger partial charge in [0.1, 0.15) is 5.82 Å². The summed E-state index contributed by atoms with van der Waals surface area (Å²) in [7, 11) is 0. The third-order valence-electron chi connectivity index (χ3n) is 2.94. The normalized spacial score (nSPS) is 10.9. The van der Waals surface area contributed by atoms with E-state index in [1.807, 2.05) is 13.8 Å². The molecule has 0 bridgehead atoms. The van der Waals surface area contributed by atoms with Gasteiger partial charge in [-0.3, -0.25) is 0 Å². The lowest BCUT2D eigenvalue weighted by atomic mass is 9.97. The zero-order chi connectivity index (χ0) is 11.2. The van der Waals surface area contributed by atoms with Crippen LogP contribution in [0.1, 0.15) is 11.1 Å². The monoisotopic (exact) mass is 204 g/mol. The fraction of sp³-hybridized carbons (Fsp3) is 0.167. The molecule has 0 fully saturated rings. The highest BCUT2D eigenvalue weighted by atomic mass is 19.1. The van der Waals surface area contributed by atoms with Gasteiger partial charge in [0.05, 0.1) is 11.4 Å². The molecule has 0 spiro atoms. The predicted molar refractivity (Wildman–Crippen MR) is 62.2 cm³/mol. The molecule has 15 heavy (non-hydrogen) atoms. The van der Waals surface area contributed by atoms with Gasteiger partial charge in [0.25, 0.3) is 0 Å². The van der Waals surface area contributed by atoms with Crippen molar-refractivity contribution >= 4 is 22.1 Å². The zero-order valence-corrected chi connectivity index (χ0v) is 8.76. The van der Waals surface area contributed by atoms with Gasteiger partial charge in [-0.1, -0.05) is 12.1 Å². The van der Waals surface area contributed by atoms with Crippen LogP contribution in [0.4, 0.5) is 15.8 Å². The molecule has 0 heterocycles. The van der Waals surface area contributed by atoms with Crippen molar-refractivity contribution in [2.75, 3.05) is 11.5 Å². The first-order valence-electron chi connectivity index (χ1n) is 4.76. The van der Waals surface area contributed by atoms with Crippen molar-refractivity contribution in [1.82, 2.24) is 0 Å². The number of anilines is 2. The highest BCUT2D eigenvalue weighted by Gasteiger charge is 2.12. The lowest BCUT2D eigenvalue weighted by molar-refractivity contribution is 0.639. The summed E-state index contributed by atoms with van der Waals surface area (Å²) in [6, 6.07) is 4.86. The van der Waals surface area contributed by atoms with Gasteiger partial charge in [-0.25, -0.2) is 4.39 Å². The lowest BCUT2D eigenvalue weighted by Gasteiger charge is -2.13. The molecule has 3 heteroatoms. The number of halogens is 1. The average molecular weight is 204 g/mol. The van der Waals surface area contributed by atoms with E-state index in [0.29, 0.717) is 22.1 Å². The highest BCUT2D eigenvalue weighted by molar-refractivity contribution is 6.02. The van der Waals surface area contributed by atoms with Crippen molar-refractivity contribution in [3.05, 3.63) is 35.1 Å². The number of rotatable bonds is 0. The van der Waals surface area contributed by atoms with Crippen LogP contribution in [0.15, 0.2) is 18.2 Å². The molecule has 0 radical (unpaired) electrons. The molecule has 2 aromatic rings. The van der Waals surface area contributed by atoms with Crippen LogP contribution in [0.2, 0.25) is 0 Å². The lowest BCUT2D eigenvalue weighted by Crippen LogP contribution is -2.01. The molecule has 0 aliphatic rings. The summed E-state index contributed by atoms with van der Waals surface area (Å²) < 4.78 is 13.6. The number of hydrogen-bond acceptors (Lipinski definition) is 2. The number of nitrogens with two attached hydrogens (primary N) is 2. The summed E-state index contributed by atoms with van der Waals surface area (Å²) in [5.41, 5.74) is 14.4. The van der Waals surface area contributed by atoms with E-state index in [9.17, 15) is 4.39 Å². The number of benzene rings is 2. The van der Waals surface area contributed by atoms with Gasteiger partial charge >= 0.3 is 0 Å². The van der Waals surface area contributed by atoms with Crippen molar-refractivity contribution in [2.45, 2.75) is 13.8 Å². The molecule has 2 nitrogen and oxygen atoms in total. The second-order valence-corrected chi connectivity index (χ2v) is 3.74. The van der Waals surface area contributed by atoms with Gasteiger partial charge in [-0.2, -0.15) is 0 Å². The maximum Gasteiger partial charge on any atom is 0.131 e.